The molecule has 2 amide bonds. The van der Waals surface area contributed by atoms with Crippen molar-refractivity contribution in [1.29, 1.82) is 0 Å². The number of hydrogen-bond acceptors (Lipinski definition) is 3. The molecule has 1 unspecified atom stereocenters. The van der Waals surface area contributed by atoms with Crippen molar-refractivity contribution in [2.45, 2.75) is 19.0 Å². The van der Waals surface area contributed by atoms with Crippen LogP contribution in [0.15, 0.2) is 72.8 Å². The second kappa shape index (κ2) is 11.9. The Balaban J connectivity index is 1.89. The van der Waals surface area contributed by atoms with E-state index in [0.717, 1.165) is 11.1 Å². The summed E-state index contributed by atoms with van der Waals surface area (Å²) in [4.78, 5) is 27.7. The van der Waals surface area contributed by atoms with Gasteiger partial charge in [-0.05, 0) is 35.4 Å². The molecule has 0 heterocycles. The highest BCUT2D eigenvalue weighted by Crippen LogP contribution is 2.28. The second-order valence-corrected chi connectivity index (χ2v) is 8.55. The van der Waals surface area contributed by atoms with Gasteiger partial charge in [0.25, 0.3) is 5.91 Å². The summed E-state index contributed by atoms with van der Waals surface area (Å²) < 4.78 is 5.67. The number of amides is 2. The summed E-state index contributed by atoms with van der Waals surface area (Å²) >= 11 is 18.5. The fourth-order valence-corrected chi connectivity index (χ4v) is 4.00. The molecule has 3 rings (SSSR count). The minimum atomic E-state index is -0.773. The Morgan fingerprint density at radius 2 is 1.64 bits per heavy atom. The predicted octanol–water partition coefficient (Wildman–Crippen LogP) is 5.41. The summed E-state index contributed by atoms with van der Waals surface area (Å²) in [6.45, 7) is -0.171. The molecule has 0 aliphatic rings. The first-order valence-corrected chi connectivity index (χ1v) is 11.4. The van der Waals surface area contributed by atoms with Crippen molar-refractivity contribution in [3.8, 4) is 5.75 Å². The van der Waals surface area contributed by atoms with Gasteiger partial charge in [-0.25, -0.2) is 0 Å². The molecule has 0 radical (unpaired) electrons. The van der Waals surface area contributed by atoms with Crippen LogP contribution in [0.1, 0.15) is 11.1 Å². The fraction of sp³-hybridized carbons (Fsp3) is 0.200. The lowest BCUT2D eigenvalue weighted by molar-refractivity contribution is -0.142. The Morgan fingerprint density at radius 3 is 2.30 bits per heavy atom. The van der Waals surface area contributed by atoms with Crippen molar-refractivity contribution >= 4 is 46.6 Å². The molecule has 0 aliphatic carbocycles. The summed E-state index contributed by atoms with van der Waals surface area (Å²) in [5, 5.41) is 3.93. The molecule has 172 valence electrons. The van der Waals surface area contributed by atoms with Gasteiger partial charge in [0.15, 0.2) is 6.61 Å². The molecule has 0 saturated carbocycles. The highest BCUT2D eigenvalue weighted by Gasteiger charge is 2.30. The van der Waals surface area contributed by atoms with Crippen LogP contribution in [0, 0.1) is 0 Å². The van der Waals surface area contributed by atoms with Crippen LogP contribution in [0.25, 0.3) is 0 Å². The normalized spacial score (nSPS) is 11.5. The molecule has 0 saturated heterocycles. The van der Waals surface area contributed by atoms with Gasteiger partial charge in [0.05, 0.1) is 5.02 Å². The number of carbonyl (C=O) groups is 2. The molecule has 8 heteroatoms. The number of rotatable bonds is 9. The van der Waals surface area contributed by atoms with Gasteiger partial charge in [-0.3, -0.25) is 9.59 Å². The van der Waals surface area contributed by atoms with E-state index in [2.05, 4.69) is 5.32 Å². The molecule has 0 bridgehead atoms. The molecule has 3 aromatic carbocycles. The molecule has 0 aliphatic heterocycles. The number of benzene rings is 3. The topological polar surface area (TPSA) is 58.6 Å². The van der Waals surface area contributed by atoms with Gasteiger partial charge in [0.1, 0.15) is 11.8 Å². The molecular weight excluding hydrogens is 483 g/mol. The number of nitrogens with zero attached hydrogens (tertiary/aromatic N) is 1. The van der Waals surface area contributed by atoms with E-state index in [4.69, 9.17) is 39.5 Å². The lowest BCUT2D eigenvalue weighted by Crippen LogP contribution is -2.51. The average Bonchev–Trinajstić information content (AvgIpc) is 2.82. The van der Waals surface area contributed by atoms with Gasteiger partial charge < -0.3 is 15.0 Å². The van der Waals surface area contributed by atoms with Gasteiger partial charge in [0.2, 0.25) is 5.91 Å². The van der Waals surface area contributed by atoms with E-state index in [9.17, 15) is 9.59 Å². The van der Waals surface area contributed by atoms with Crippen molar-refractivity contribution in [2.75, 3.05) is 13.7 Å². The summed E-state index contributed by atoms with van der Waals surface area (Å²) in [6, 6.07) is 20.7. The predicted molar refractivity (Wildman–Crippen MR) is 132 cm³/mol. The summed E-state index contributed by atoms with van der Waals surface area (Å²) in [5.74, 6) is -0.346. The van der Waals surface area contributed by atoms with Crippen molar-refractivity contribution < 1.29 is 14.3 Å². The molecule has 0 aromatic heterocycles. The van der Waals surface area contributed by atoms with E-state index < -0.39 is 6.04 Å². The van der Waals surface area contributed by atoms with Gasteiger partial charge >= 0.3 is 0 Å². The first kappa shape index (κ1) is 24.9. The number of halogens is 3. The standard InChI is InChI=1S/C25H23Cl3N2O3/c1-29-25(32)22(13-17-7-3-2-4-8-17)30(15-18-9-5-6-10-20(18)27)24(31)16-33-23-12-11-19(26)14-21(23)28/h2-12,14,22H,13,15-16H2,1H3,(H,29,32). The van der Waals surface area contributed by atoms with Crippen LogP contribution in [0.4, 0.5) is 0 Å². The lowest BCUT2D eigenvalue weighted by atomic mass is 10.0. The van der Waals surface area contributed by atoms with E-state index >= 15 is 0 Å². The number of nitrogens with one attached hydrogen (secondary N) is 1. The SMILES string of the molecule is CNC(=O)C(Cc1ccccc1)N(Cc1ccccc1Cl)C(=O)COc1ccc(Cl)cc1Cl. The van der Waals surface area contributed by atoms with Gasteiger partial charge in [-0.2, -0.15) is 0 Å². The number of hydrogen-bond donors (Lipinski definition) is 1. The third-order valence-electron chi connectivity index (χ3n) is 5.06. The third kappa shape index (κ3) is 6.87. The molecular formula is C25H23Cl3N2O3. The molecule has 3 aromatic rings. The zero-order chi connectivity index (χ0) is 23.8. The highest BCUT2D eigenvalue weighted by molar-refractivity contribution is 6.35. The maximum absolute atomic E-state index is 13.4. The maximum Gasteiger partial charge on any atom is 0.261 e. The first-order valence-electron chi connectivity index (χ1n) is 10.2. The molecule has 5 nitrogen and oxygen atoms in total. The molecule has 0 spiro atoms. The van der Waals surface area contributed by atoms with Gasteiger partial charge in [0, 0.05) is 30.1 Å². The largest absolute Gasteiger partial charge is 0.482 e. The summed E-state index contributed by atoms with van der Waals surface area (Å²) in [6.07, 6.45) is 0.332. The van der Waals surface area contributed by atoms with Crippen molar-refractivity contribution in [2.24, 2.45) is 0 Å². The minimum Gasteiger partial charge on any atom is -0.482 e. The molecule has 1 N–H and O–H groups in total. The average molecular weight is 506 g/mol. The van der Waals surface area contributed by atoms with Gasteiger partial charge in [-0.15, -0.1) is 0 Å². The number of carbonyl (C=O) groups excluding carboxylic acids is 2. The van der Waals surface area contributed by atoms with Crippen LogP contribution < -0.4 is 10.1 Å². The van der Waals surface area contributed by atoms with E-state index in [1.807, 2.05) is 48.5 Å². The maximum atomic E-state index is 13.4. The van der Waals surface area contributed by atoms with Crippen LogP contribution in [0.3, 0.4) is 0 Å². The van der Waals surface area contributed by atoms with E-state index in [1.54, 1.807) is 25.2 Å². The van der Waals surface area contributed by atoms with E-state index in [-0.39, 0.29) is 25.0 Å². The van der Waals surface area contributed by atoms with Gasteiger partial charge in [-0.1, -0.05) is 83.3 Å². The van der Waals surface area contributed by atoms with Crippen LogP contribution in [-0.2, 0) is 22.6 Å². The summed E-state index contributed by atoms with van der Waals surface area (Å²) in [7, 11) is 1.54. The quantitative estimate of drug-likeness (QED) is 0.423. The molecule has 0 fully saturated rings. The zero-order valence-electron chi connectivity index (χ0n) is 17.9. The van der Waals surface area contributed by atoms with Crippen molar-refractivity contribution in [3.63, 3.8) is 0 Å². The van der Waals surface area contributed by atoms with E-state index in [1.165, 1.54) is 11.0 Å². The Labute approximate surface area is 208 Å². The second-order valence-electron chi connectivity index (χ2n) is 7.30. The molecule has 1 atom stereocenters. The monoisotopic (exact) mass is 504 g/mol. The van der Waals surface area contributed by atoms with Crippen LogP contribution in [0.2, 0.25) is 15.1 Å². The zero-order valence-corrected chi connectivity index (χ0v) is 20.2. The van der Waals surface area contributed by atoms with Crippen molar-refractivity contribution in [3.05, 3.63) is 99.0 Å². The number of ether oxygens (including phenoxy) is 1. The highest BCUT2D eigenvalue weighted by atomic mass is 35.5. The Morgan fingerprint density at radius 1 is 0.939 bits per heavy atom. The number of likely N-dealkylation sites (N-methyl/N-ethyl adjacent to an activating group) is 1. The first-order chi connectivity index (χ1) is 15.9. The minimum absolute atomic E-state index is 0.140. The molecule has 33 heavy (non-hydrogen) atoms. The Hall–Kier alpha value is -2.73. The Bertz CT molecular complexity index is 1110. The van der Waals surface area contributed by atoms with Crippen molar-refractivity contribution in [1.82, 2.24) is 10.2 Å². The third-order valence-corrected chi connectivity index (χ3v) is 5.96. The van der Waals surface area contributed by atoms with Crippen LogP contribution >= 0.6 is 34.8 Å². The smallest absolute Gasteiger partial charge is 0.261 e. The lowest BCUT2D eigenvalue weighted by Gasteiger charge is -2.31. The summed E-state index contributed by atoms with van der Waals surface area (Å²) in [5.41, 5.74) is 1.64. The van der Waals surface area contributed by atoms with Crippen LogP contribution in [-0.4, -0.2) is 36.4 Å². The van der Waals surface area contributed by atoms with Crippen LogP contribution in [0.5, 0.6) is 5.75 Å². The Kier molecular flexibility index (Phi) is 9.01. The fourth-order valence-electron chi connectivity index (χ4n) is 3.35. The van der Waals surface area contributed by atoms with E-state index in [0.29, 0.717) is 27.2 Å².